The summed E-state index contributed by atoms with van der Waals surface area (Å²) in [6.45, 7) is 0. The molecule has 0 bridgehead atoms. The van der Waals surface area contributed by atoms with E-state index in [9.17, 15) is 9.59 Å². The van der Waals surface area contributed by atoms with Gasteiger partial charge in [0, 0.05) is 17.0 Å². The number of amides is 2. The molecule has 1 unspecified atom stereocenters. The quantitative estimate of drug-likeness (QED) is 0.632. The molecule has 2 rings (SSSR count). The molecule has 1 saturated heterocycles. The molecule has 0 spiro atoms. The Morgan fingerprint density at radius 3 is 2.94 bits per heavy atom. The third kappa shape index (κ3) is 3.00. The number of thioether (sulfide) groups is 1. The minimum absolute atomic E-state index is 0.189. The largest absolute Gasteiger partial charge is 0.374 e. The molecular weight excluding hydrogens is 236 g/mol. The lowest BCUT2D eigenvalue weighted by Gasteiger charge is -2.22. The molecule has 1 aromatic carbocycles. The van der Waals surface area contributed by atoms with Crippen molar-refractivity contribution in [3.8, 4) is 0 Å². The summed E-state index contributed by atoms with van der Waals surface area (Å²) >= 11 is 1.65. The van der Waals surface area contributed by atoms with E-state index in [1.807, 2.05) is 30.5 Å². The van der Waals surface area contributed by atoms with E-state index in [0.717, 1.165) is 10.6 Å². The number of nitrogens with one attached hydrogen (secondary N) is 2. The monoisotopic (exact) mass is 250 g/mol. The lowest BCUT2D eigenvalue weighted by Crippen LogP contribution is -2.47. The van der Waals surface area contributed by atoms with Crippen LogP contribution in [0, 0.1) is 0 Å². The number of hydrogen-bond acceptors (Lipinski definition) is 4. The van der Waals surface area contributed by atoms with E-state index in [1.54, 1.807) is 11.8 Å². The first-order valence-corrected chi connectivity index (χ1v) is 6.66. The summed E-state index contributed by atoms with van der Waals surface area (Å²) in [5.74, 6) is -0.429. The maximum atomic E-state index is 11.6. The van der Waals surface area contributed by atoms with Gasteiger partial charge in [-0.25, -0.2) is 0 Å². The summed E-state index contributed by atoms with van der Waals surface area (Å²) in [5, 5.41) is 5.48. The van der Waals surface area contributed by atoms with Gasteiger partial charge < -0.3 is 5.32 Å². The Hall–Kier alpha value is -1.49. The van der Waals surface area contributed by atoms with Gasteiger partial charge in [-0.2, -0.15) is 0 Å². The topological polar surface area (TPSA) is 58.2 Å². The van der Waals surface area contributed by atoms with Crippen molar-refractivity contribution in [3.05, 3.63) is 24.3 Å². The molecule has 1 atom stereocenters. The molecule has 1 heterocycles. The number of carbonyl (C=O) groups is 2. The highest BCUT2D eigenvalue weighted by Gasteiger charge is 2.26. The van der Waals surface area contributed by atoms with Crippen molar-refractivity contribution >= 4 is 29.3 Å². The first kappa shape index (κ1) is 12.0. The third-order valence-corrected chi connectivity index (χ3v) is 3.38. The molecule has 0 saturated carbocycles. The Morgan fingerprint density at radius 2 is 2.24 bits per heavy atom. The number of hydrogen-bond donors (Lipinski definition) is 2. The van der Waals surface area contributed by atoms with Gasteiger partial charge in [0.2, 0.25) is 11.8 Å². The molecule has 1 aliphatic heterocycles. The Labute approximate surface area is 104 Å². The molecule has 1 aliphatic rings. The second-order valence-corrected chi connectivity index (χ2v) is 4.76. The van der Waals surface area contributed by atoms with Gasteiger partial charge >= 0.3 is 0 Å². The highest BCUT2D eigenvalue weighted by Crippen LogP contribution is 2.20. The Bertz CT molecular complexity index is 448. The molecule has 4 nitrogen and oxygen atoms in total. The number of benzene rings is 1. The van der Waals surface area contributed by atoms with Crippen LogP contribution in [0.4, 0.5) is 5.69 Å². The summed E-state index contributed by atoms with van der Waals surface area (Å²) in [6.07, 6.45) is 2.95. The van der Waals surface area contributed by atoms with Crippen LogP contribution >= 0.6 is 11.8 Å². The molecule has 2 N–H and O–H groups in total. The molecule has 5 heteroatoms. The van der Waals surface area contributed by atoms with Crippen molar-refractivity contribution in [2.45, 2.75) is 23.8 Å². The lowest BCUT2D eigenvalue weighted by molar-refractivity contribution is -0.133. The second kappa shape index (κ2) is 5.23. The minimum atomic E-state index is -0.315. The van der Waals surface area contributed by atoms with Crippen molar-refractivity contribution in [3.63, 3.8) is 0 Å². The van der Waals surface area contributed by atoms with Crippen LogP contribution in [0.15, 0.2) is 29.2 Å². The maximum absolute atomic E-state index is 11.6. The number of rotatable bonds is 3. The van der Waals surface area contributed by atoms with E-state index in [1.165, 1.54) is 0 Å². The molecule has 0 aliphatic carbocycles. The van der Waals surface area contributed by atoms with Gasteiger partial charge in [-0.1, -0.05) is 6.07 Å². The number of piperidine rings is 1. The van der Waals surface area contributed by atoms with E-state index in [4.69, 9.17) is 0 Å². The van der Waals surface area contributed by atoms with Crippen molar-refractivity contribution in [2.24, 2.45) is 0 Å². The number of anilines is 1. The van der Waals surface area contributed by atoms with Gasteiger partial charge in [-0.15, -0.1) is 11.8 Å². The van der Waals surface area contributed by atoms with Crippen LogP contribution in [0.25, 0.3) is 0 Å². The van der Waals surface area contributed by atoms with E-state index in [-0.39, 0.29) is 17.9 Å². The van der Waals surface area contributed by atoms with Crippen LogP contribution in [0.3, 0.4) is 0 Å². The van der Waals surface area contributed by atoms with Gasteiger partial charge in [0.1, 0.15) is 6.04 Å². The van der Waals surface area contributed by atoms with E-state index in [2.05, 4.69) is 10.6 Å². The fraction of sp³-hybridized carbons (Fsp3) is 0.333. The van der Waals surface area contributed by atoms with Crippen molar-refractivity contribution in [1.82, 2.24) is 5.32 Å². The highest BCUT2D eigenvalue weighted by atomic mass is 32.2. The van der Waals surface area contributed by atoms with Crippen LogP contribution in [-0.4, -0.2) is 24.1 Å². The van der Waals surface area contributed by atoms with Crippen molar-refractivity contribution in [2.75, 3.05) is 11.6 Å². The first-order valence-electron chi connectivity index (χ1n) is 5.43. The zero-order chi connectivity index (χ0) is 12.3. The van der Waals surface area contributed by atoms with Gasteiger partial charge in [0.05, 0.1) is 0 Å². The normalized spacial score (nSPS) is 19.9. The lowest BCUT2D eigenvalue weighted by atomic mass is 10.1. The van der Waals surface area contributed by atoms with Crippen LogP contribution in [0.1, 0.15) is 12.8 Å². The van der Waals surface area contributed by atoms with Gasteiger partial charge in [0.15, 0.2) is 0 Å². The molecule has 2 amide bonds. The highest BCUT2D eigenvalue weighted by molar-refractivity contribution is 7.98. The third-order valence-electron chi connectivity index (χ3n) is 2.65. The van der Waals surface area contributed by atoms with Gasteiger partial charge in [-0.3, -0.25) is 14.9 Å². The fourth-order valence-corrected chi connectivity index (χ4v) is 2.20. The predicted octanol–water partition coefficient (Wildman–Crippen LogP) is 1.63. The van der Waals surface area contributed by atoms with Crippen LogP contribution in [0.5, 0.6) is 0 Å². The van der Waals surface area contributed by atoms with E-state index < -0.39 is 0 Å². The molecule has 90 valence electrons. The molecule has 17 heavy (non-hydrogen) atoms. The molecular formula is C12H14N2O2S. The average Bonchev–Trinajstić information content (AvgIpc) is 2.33. The Balaban J connectivity index is 2.05. The maximum Gasteiger partial charge on any atom is 0.249 e. The molecule has 0 aromatic heterocycles. The van der Waals surface area contributed by atoms with Crippen LogP contribution < -0.4 is 10.6 Å². The van der Waals surface area contributed by atoms with E-state index in [0.29, 0.717) is 12.8 Å². The number of carbonyl (C=O) groups excluding carboxylic acids is 2. The summed E-state index contributed by atoms with van der Waals surface area (Å²) in [6, 6.07) is 7.56. The fourth-order valence-electron chi connectivity index (χ4n) is 1.75. The zero-order valence-electron chi connectivity index (χ0n) is 9.53. The minimum Gasteiger partial charge on any atom is -0.374 e. The average molecular weight is 250 g/mol. The smallest absolute Gasteiger partial charge is 0.249 e. The SMILES string of the molecule is CSc1cccc(NC2CCC(=O)NC2=O)c1. The molecule has 1 fully saturated rings. The van der Waals surface area contributed by atoms with Crippen LogP contribution in [-0.2, 0) is 9.59 Å². The van der Waals surface area contributed by atoms with Gasteiger partial charge in [0.25, 0.3) is 0 Å². The van der Waals surface area contributed by atoms with Crippen molar-refractivity contribution < 1.29 is 9.59 Å². The van der Waals surface area contributed by atoms with Gasteiger partial charge in [-0.05, 0) is 30.9 Å². The molecule has 0 radical (unpaired) electrons. The zero-order valence-corrected chi connectivity index (χ0v) is 10.3. The standard InChI is InChI=1S/C12H14N2O2S/c1-17-9-4-2-3-8(7-9)13-10-5-6-11(15)14-12(10)16/h2-4,7,10,13H,5-6H2,1H3,(H,14,15,16). The summed E-state index contributed by atoms with van der Waals surface area (Å²) in [7, 11) is 0. The summed E-state index contributed by atoms with van der Waals surface area (Å²) in [5.41, 5.74) is 0.909. The summed E-state index contributed by atoms with van der Waals surface area (Å²) in [4.78, 5) is 23.7. The first-order chi connectivity index (χ1) is 8.19. The Morgan fingerprint density at radius 1 is 1.41 bits per heavy atom. The second-order valence-electron chi connectivity index (χ2n) is 3.88. The summed E-state index contributed by atoms with van der Waals surface area (Å²) < 4.78 is 0. The van der Waals surface area contributed by atoms with Crippen molar-refractivity contribution in [1.29, 1.82) is 0 Å². The number of imide groups is 1. The van der Waals surface area contributed by atoms with E-state index >= 15 is 0 Å². The van der Waals surface area contributed by atoms with Crippen LogP contribution in [0.2, 0.25) is 0 Å². The molecule has 1 aromatic rings. The predicted molar refractivity (Wildman–Crippen MR) is 68.0 cm³/mol. The Kier molecular flexibility index (Phi) is 3.68.